The molecule has 1 aromatic heterocycles. The highest BCUT2D eigenvalue weighted by atomic mass is 35.5. The third-order valence-corrected chi connectivity index (χ3v) is 4.46. The summed E-state index contributed by atoms with van der Waals surface area (Å²) in [5.41, 5.74) is 3.61. The Bertz CT molecular complexity index is 692. The van der Waals surface area contributed by atoms with Crippen LogP contribution in [0.15, 0.2) is 30.5 Å². The zero-order chi connectivity index (χ0) is 16.2. The lowest BCUT2D eigenvalue weighted by Gasteiger charge is -2.22. The topological polar surface area (TPSA) is 59.0 Å². The summed E-state index contributed by atoms with van der Waals surface area (Å²) < 4.78 is 1.92. The van der Waals surface area contributed by atoms with Gasteiger partial charge < -0.3 is 10.6 Å². The highest BCUT2D eigenvalue weighted by Crippen LogP contribution is 2.22. The third-order valence-electron chi connectivity index (χ3n) is 4.46. The maximum Gasteiger partial charge on any atom is 0.276 e. The van der Waals surface area contributed by atoms with E-state index < -0.39 is 0 Å². The molecule has 130 valence electrons. The van der Waals surface area contributed by atoms with Gasteiger partial charge in [-0.15, -0.1) is 12.4 Å². The van der Waals surface area contributed by atoms with Crippen LogP contribution in [0.4, 0.5) is 5.69 Å². The highest BCUT2D eigenvalue weighted by molar-refractivity contribution is 6.03. The van der Waals surface area contributed by atoms with Gasteiger partial charge in [0.25, 0.3) is 5.91 Å². The van der Waals surface area contributed by atoms with Crippen molar-refractivity contribution in [1.82, 2.24) is 15.1 Å². The number of carbonyl (C=O) groups is 1. The average molecular weight is 349 g/mol. The summed E-state index contributed by atoms with van der Waals surface area (Å²) in [7, 11) is 0. The fourth-order valence-electron chi connectivity index (χ4n) is 3.10. The summed E-state index contributed by atoms with van der Waals surface area (Å²) in [6.07, 6.45) is 5.05. The van der Waals surface area contributed by atoms with Gasteiger partial charge in [0, 0.05) is 18.4 Å². The molecule has 1 amide bonds. The van der Waals surface area contributed by atoms with Gasteiger partial charge >= 0.3 is 0 Å². The lowest BCUT2D eigenvalue weighted by molar-refractivity contribution is 0.102. The van der Waals surface area contributed by atoms with Crippen molar-refractivity contribution >= 4 is 24.0 Å². The molecule has 1 aromatic carbocycles. The Hall–Kier alpha value is -1.85. The summed E-state index contributed by atoms with van der Waals surface area (Å²) in [6.45, 7) is 6.09. The molecule has 0 bridgehead atoms. The van der Waals surface area contributed by atoms with Gasteiger partial charge in [-0.1, -0.05) is 25.1 Å². The van der Waals surface area contributed by atoms with Crippen molar-refractivity contribution in [2.24, 2.45) is 0 Å². The smallest absolute Gasteiger partial charge is 0.276 e. The highest BCUT2D eigenvalue weighted by Gasteiger charge is 2.18. The number of amides is 1. The van der Waals surface area contributed by atoms with Crippen molar-refractivity contribution in [1.29, 1.82) is 0 Å². The minimum Gasteiger partial charge on any atom is -0.320 e. The van der Waals surface area contributed by atoms with Crippen LogP contribution in [0.3, 0.4) is 0 Å². The van der Waals surface area contributed by atoms with Gasteiger partial charge in [0.1, 0.15) is 0 Å². The van der Waals surface area contributed by atoms with Crippen molar-refractivity contribution < 1.29 is 4.79 Å². The number of benzene rings is 1. The number of aryl methyl sites for hydroxylation is 2. The second-order valence-electron chi connectivity index (χ2n) is 6.10. The van der Waals surface area contributed by atoms with E-state index in [0.29, 0.717) is 11.7 Å². The van der Waals surface area contributed by atoms with Gasteiger partial charge in [0.05, 0.1) is 6.04 Å². The zero-order valence-corrected chi connectivity index (χ0v) is 15.0. The molecule has 1 fully saturated rings. The van der Waals surface area contributed by atoms with Crippen LogP contribution in [0.2, 0.25) is 0 Å². The van der Waals surface area contributed by atoms with E-state index in [-0.39, 0.29) is 18.3 Å². The number of aromatic nitrogens is 2. The number of hydrogen-bond acceptors (Lipinski definition) is 3. The van der Waals surface area contributed by atoms with Crippen molar-refractivity contribution in [3.63, 3.8) is 0 Å². The number of rotatable bonds is 4. The average Bonchev–Trinajstić information content (AvgIpc) is 3.07. The van der Waals surface area contributed by atoms with Crippen molar-refractivity contribution in [2.75, 3.05) is 18.4 Å². The molecule has 3 rings (SSSR count). The molecule has 2 heterocycles. The molecule has 2 N–H and O–H groups in total. The zero-order valence-electron chi connectivity index (χ0n) is 14.2. The van der Waals surface area contributed by atoms with Crippen molar-refractivity contribution in [3.8, 4) is 0 Å². The first-order valence-electron chi connectivity index (χ1n) is 8.34. The Morgan fingerprint density at radius 2 is 2.25 bits per heavy atom. The minimum absolute atomic E-state index is 0. The van der Waals surface area contributed by atoms with Crippen LogP contribution < -0.4 is 10.6 Å². The SMILES string of the molecule is CCc1cccc(C)c1NC(=O)c1ccn(C2CCCNC2)n1.Cl. The Morgan fingerprint density at radius 3 is 2.96 bits per heavy atom. The van der Waals surface area contributed by atoms with E-state index in [4.69, 9.17) is 0 Å². The standard InChI is InChI=1S/C18H24N4O.ClH/c1-3-14-7-4-6-13(2)17(14)20-18(23)16-9-11-22(21-16)15-8-5-10-19-12-15;/h4,6-7,9,11,15,19H,3,5,8,10,12H2,1-2H3,(H,20,23);1H. The number of halogens is 1. The summed E-state index contributed by atoms with van der Waals surface area (Å²) in [4.78, 5) is 12.5. The van der Waals surface area contributed by atoms with Gasteiger partial charge in [0.15, 0.2) is 5.69 Å². The van der Waals surface area contributed by atoms with Gasteiger partial charge in [-0.3, -0.25) is 9.48 Å². The fourth-order valence-corrected chi connectivity index (χ4v) is 3.10. The van der Waals surface area contributed by atoms with E-state index >= 15 is 0 Å². The number of piperidine rings is 1. The molecule has 1 atom stereocenters. The second-order valence-corrected chi connectivity index (χ2v) is 6.10. The van der Waals surface area contributed by atoms with Crippen LogP contribution in [0, 0.1) is 6.92 Å². The molecule has 5 nitrogen and oxygen atoms in total. The molecule has 0 saturated carbocycles. The van der Waals surface area contributed by atoms with Crippen molar-refractivity contribution in [2.45, 2.75) is 39.2 Å². The third kappa shape index (κ3) is 3.97. The minimum atomic E-state index is -0.142. The first-order chi connectivity index (χ1) is 11.2. The van der Waals surface area contributed by atoms with Crippen LogP contribution >= 0.6 is 12.4 Å². The van der Waals surface area contributed by atoms with Gasteiger partial charge in [-0.05, 0) is 49.9 Å². The Labute approximate surface area is 149 Å². The van der Waals surface area contributed by atoms with E-state index in [1.54, 1.807) is 6.07 Å². The lowest BCUT2D eigenvalue weighted by atomic mass is 10.1. The van der Waals surface area contributed by atoms with Crippen LogP contribution in [0.1, 0.15) is 47.4 Å². The molecule has 2 aromatic rings. The first-order valence-corrected chi connectivity index (χ1v) is 8.34. The summed E-state index contributed by atoms with van der Waals surface area (Å²) in [5.74, 6) is -0.142. The van der Waals surface area contributed by atoms with Crippen LogP contribution in [-0.2, 0) is 6.42 Å². The summed E-state index contributed by atoms with van der Waals surface area (Å²) in [5, 5.41) is 10.9. The van der Waals surface area contributed by atoms with Crippen LogP contribution in [-0.4, -0.2) is 28.8 Å². The molecule has 1 aliphatic heterocycles. The van der Waals surface area contributed by atoms with E-state index in [2.05, 4.69) is 28.7 Å². The Morgan fingerprint density at radius 1 is 1.42 bits per heavy atom. The molecule has 0 aliphatic carbocycles. The summed E-state index contributed by atoms with van der Waals surface area (Å²) >= 11 is 0. The molecule has 6 heteroatoms. The number of nitrogens with zero attached hydrogens (tertiary/aromatic N) is 2. The largest absolute Gasteiger partial charge is 0.320 e. The second kappa shape index (κ2) is 8.31. The summed E-state index contributed by atoms with van der Waals surface area (Å²) in [6, 6.07) is 8.23. The Kier molecular flexibility index (Phi) is 6.40. The number of nitrogens with one attached hydrogen (secondary N) is 2. The first kappa shape index (κ1) is 18.5. The molecule has 0 spiro atoms. The van der Waals surface area contributed by atoms with E-state index in [9.17, 15) is 4.79 Å². The molecule has 1 saturated heterocycles. The molecule has 24 heavy (non-hydrogen) atoms. The number of hydrogen-bond donors (Lipinski definition) is 2. The predicted octanol–water partition coefficient (Wildman–Crippen LogP) is 3.35. The van der Waals surface area contributed by atoms with Gasteiger partial charge in [-0.2, -0.15) is 5.10 Å². The normalized spacial score (nSPS) is 17.2. The number of carbonyl (C=O) groups excluding carboxylic acids is 1. The maximum absolute atomic E-state index is 12.5. The van der Waals surface area contributed by atoms with Gasteiger partial charge in [0.2, 0.25) is 0 Å². The number of anilines is 1. The monoisotopic (exact) mass is 348 g/mol. The lowest BCUT2D eigenvalue weighted by Crippen LogP contribution is -2.32. The maximum atomic E-state index is 12.5. The molecule has 1 unspecified atom stereocenters. The van der Waals surface area contributed by atoms with E-state index in [1.165, 1.54) is 0 Å². The molecular formula is C18H25ClN4O. The van der Waals surface area contributed by atoms with Gasteiger partial charge in [-0.25, -0.2) is 0 Å². The molecule has 1 aliphatic rings. The molecular weight excluding hydrogens is 324 g/mol. The number of para-hydroxylation sites is 1. The van der Waals surface area contributed by atoms with Crippen LogP contribution in [0.25, 0.3) is 0 Å². The van der Waals surface area contributed by atoms with E-state index in [1.807, 2.05) is 29.9 Å². The predicted molar refractivity (Wildman–Crippen MR) is 99.1 cm³/mol. The van der Waals surface area contributed by atoms with E-state index in [0.717, 1.165) is 49.2 Å². The fraction of sp³-hybridized carbons (Fsp3) is 0.444. The van der Waals surface area contributed by atoms with Crippen LogP contribution in [0.5, 0.6) is 0 Å². The van der Waals surface area contributed by atoms with Crippen molar-refractivity contribution in [3.05, 3.63) is 47.3 Å². The Balaban J connectivity index is 0.00000208. The molecule has 0 radical (unpaired) electrons. The quantitative estimate of drug-likeness (QED) is 0.890.